The number of hydrogen-bond acceptors (Lipinski definition) is 4. The summed E-state index contributed by atoms with van der Waals surface area (Å²) in [5, 5.41) is 10.9. The lowest BCUT2D eigenvalue weighted by molar-refractivity contribution is -0.135. The first kappa shape index (κ1) is 24.5. The number of hydrogen-bond donors (Lipinski definition) is 1. The van der Waals surface area contributed by atoms with Crippen molar-refractivity contribution in [3.63, 3.8) is 0 Å². The van der Waals surface area contributed by atoms with Crippen LogP contribution >= 0.6 is 0 Å². The summed E-state index contributed by atoms with van der Waals surface area (Å²) in [7, 11) is 0. The second-order valence-corrected chi connectivity index (χ2v) is 8.63. The Morgan fingerprint density at radius 1 is 0.971 bits per heavy atom. The van der Waals surface area contributed by atoms with Gasteiger partial charge in [0, 0.05) is 17.7 Å². The van der Waals surface area contributed by atoms with Crippen molar-refractivity contribution in [2.24, 2.45) is 5.92 Å². The van der Waals surface area contributed by atoms with Gasteiger partial charge in [-0.3, -0.25) is 9.59 Å². The van der Waals surface area contributed by atoms with Crippen molar-refractivity contribution >= 4 is 17.4 Å². The molecule has 0 saturated carbocycles. The molecule has 1 fully saturated rings. The zero-order valence-corrected chi connectivity index (χ0v) is 19.4. The second kappa shape index (κ2) is 10.8. The van der Waals surface area contributed by atoms with E-state index in [0.29, 0.717) is 18.0 Å². The van der Waals surface area contributed by atoms with Gasteiger partial charge in [-0.05, 0) is 72.6 Å². The minimum atomic E-state index is -1.25. The van der Waals surface area contributed by atoms with Gasteiger partial charge in [0.05, 0.1) is 24.7 Å². The number of halogens is 2. The summed E-state index contributed by atoms with van der Waals surface area (Å²) in [6, 6.07) is 17.4. The maximum atomic E-state index is 13.5. The predicted octanol–water partition coefficient (Wildman–Crippen LogP) is 5.48. The summed E-state index contributed by atoms with van der Waals surface area (Å²) < 4.78 is 32.4. The van der Waals surface area contributed by atoms with Crippen LogP contribution in [0.2, 0.25) is 0 Å². The molecule has 0 aromatic heterocycles. The Morgan fingerprint density at radius 2 is 1.57 bits per heavy atom. The normalized spacial score (nSPS) is 18.2. The molecule has 35 heavy (non-hydrogen) atoms. The number of ether oxygens (including phenoxy) is 1. The molecule has 1 heterocycles. The molecule has 1 unspecified atom stereocenters. The van der Waals surface area contributed by atoms with E-state index in [2.05, 4.69) is 6.92 Å². The number of carbonyl (C=O) groups excluding carboxylic acids is 2. The first-order valence-corrected chi connectivity index (χ1v) is 11.7. The van der Waals surface area contributed by atoms with Crippen LogP contribution in [0.4, 0.5) is 14.5 Å². The van der Waals surface area contributed by atoms with E-state index in [0.717, 1.165) is 18.4 Å². The minimum absolute atomic E-state index is 0.262. The summed E-state index contributed by atoms with van der Waals surface area (Å²) >= 11 is 0. The molecule has 3 atom stereocenters. The molecular weight excluding hydrogens is 452 g/mol. The van der Waals surface area contributed by atoms with Crippen molar-refractivity contribution in [3.05, 3.63) is 95.6 Å². The monoisotopic (exact) mass is 479 g/mol. The maximum Gasteiger partial charge on any atom is 0.235 e. The summed E-state index contributed by atoms with van der Waals surface area (Å²) in [5.74, 6) is -1.80. The molecule has 3 aromatic carbocycles. The summed E-state index contributed by atoms with van der Waals surface area (Å²) in [6.45, 7) is 2.68. The van der Waals surface area contributed by atoms with Gasteiger partial charge in [0.15, 0.2) is 5.78 Å². The quantitative estimate of drug-likeness (QED) is 0.238. The number of aliphatic hydroxyl groups excluding tert-OH is 1. The average Bonchev–Trinajstić information content (AvgIpc) is 2.85. The first-order valence-electron chi connectivity index (χ1n) is 11.7. The van der Waals surface area contributed by atoms with Crippen molar-refractivity contribution in [1.29, 1.82) is 0 Å². The molecule has 0 bridgehead atoms. The highest BCUT2D eigenvalue weighted by atomic mass is 19.1. The lowest BCUT2D eigenvalue weighted by atomic mass is 9.76. The van der Waals surface area contributed by atoms with Crippen molar-refractivity contribution < 1.29 is 28.2 Å². The van der Waals surface area contributed by atoms with Gasteiger partial charge >= 0.3 is 0 Å². The Labute approximate surface area is 203 Å². The smallest absolute Gasteiger partial charge is 0.235 e. The number of amides is 1. The number of β-lactam (4-membered cyclic amide) rings is 1. The molecule has 182 valence electrons. The molecule has 5 nitrogen and oxygen atoms in total. The van der Waals surface area contributed by atoms with E-state index in [9.17, 15) is 23.5 Å². The number of anilines is 1. The molecule has 1 aliphatic heterocycles. The fourth-order valence-corrected chi connectivity index (χ4v) is 4.30. The molecule has 1 saturated heterocycles. The number of unbranched alkanes of at least 4 members (excludes halogenated alkanes) is 1. The fourth-order valence-electron chi connectivity index (χ4n) is 4.30. The van der Waals surface area contributed by atoms with E-state index in [4.69, 9.17) is 4.74 Å². The Bertz CT molecular complexity index is 1160. The lowest BCUT2D eigenvalue weighted by Gasteiger charge is -2.49. The van der Waals surface area contributed by atoms with E-state index in [1.54, 1.807) is 0 Å². The van der Waals surface area contributed by atoms with Crippen LogP contribution in [0.3, 0.4) is 0 Å². The van der Waals surface area contributed by atoms with Gasteiger partial charge in [0.25, 0.3) is 0 Å². The summed E-state index contributed by atoms with van der Waals surface area (Å²) in [5.41, 5.74) is 1.52. The molecule has 4 rings (SSSR count). The molecule has 0 radical (unpaired) electrons. The van der Waals surface area contributed by atoms with E-state index < -0.39 is 29.7 Å². The Morgan fingerprint density at radius 3 is 2.17 bits per heavy atom. The summed E-state index contributed by atoms with van der Waals surface area (Å²) in [4.78, 5) is 27.3. The minimum Gasteiger partial charge on any atom is -0.494 e. The molecule has 1 aliphatic rings. The topological polar surface area (TPSA) is 66.8 Å². The van der Waals surface area contributed by atoms with Gasteiger partial charge in [0.1, 0.15) is 17.4 Å². The van der Waals surface area contributed by atoms with E-state index >= 15 is 0 Å². The lowest BCUT2D eigenvalue weighted by Crippen LogP contribution is -2.59. The van der Waals surface area contributed by atoms with Crippen molar-refractivity contribution in [2.75, 3.05) is 11.5 Å². The van der Waals surface area contributed by atoms with Crippen LogP contribution in [0, 0.1) is 17.6 Å². The SMILES string of the molecule is CCCCOc1ccc([C@@H]2[C@@H](C(O)CC(=O)c3ccc(F)cc3)C(=O)N2c2ccc(F)cc2)cc1. The molecule has 7 heteroatoms. The highest BCUT2D eigenvalue weighted by Crippen LogP contribution is 2.46. The molecule has 1 amide bonds. The Balaban J connectivity index is 1.57. The number of benzene rings is 3. The highest BCUT2D eigenvalue weighted by molar-refractivity contribution is 6.04. The average molecular weight is 480 g/mol. The van der Waals surface area contributed by atoms with E-state index in [1.807, 2.05) is 24.3 Å². The first-order chi connectivity index (χ1) is 16.9. The maximum absolute atomic E-state index is 13.5. The molecular formula is C28H27F2NO4. The second-order valence-electron chi connectivity index (χ2n) is 8.63. The number of Topliss-reactive ketones (excluding diaryl/α,β-unsaturated/α-hetero) is 1. The summed E-state index contributed by atoms with van der Waals surface area (Å²) in [6.07, 6.45) is 0.425. The van der Waals surface area contributed by atoms with Crippen LogP contribution in [-0.4, -0.2) is 29.5 Å². The molecule has 3 aromatic rings. The third kappa shape index (κ3) is 5.41. The van der Waals surface area contributed by atoms with Crippen molar-refractivity contribution in [1.82, 2.24) is 0 Å². The van der Waals surface area contributed by atoms with Crippen LogP contribution in [0.15, 0.2) is 72.8 Å². The van der Waals surface area contributed by atoms with Crippen molar-refractivity contribution in [2.45, 2.75) is 38.3 Å². The van der Waals surface area contributed by atoms with Gasteiger partial charge in [0.2, 0.25) is 5.91 Å². The third-order valence-corrected chi connectivity index (χ3v) is 6.21. The van der Waals surface area contributed by atoms with Gasteiger partial charge < -0.3 is 14.7 Å². The molecule has 0 aliphatic carbocycles. The van der Waals surface area contributed by atoms with Gasteiger partial charge in [-0.15, -0.1) is 0 Å². The molecule has 0 spiro atoms. The van der Waals surface area contributed by atoms with E-state index in [-0.39, 0.29) is 23.7 Å². The predicted molar refractivity (Wildman–Crippen MR) is 128 cm³/mol. The van der Waals surface area contributed by atoms with Crippen LogP contribution in [-0.2, 0) is 4.79 Å². The standard InChI is InChI=1S/C28H27F2NO4/c1-2-3-16-35-23-14-6-19(7-15-23)27-26(28(34)31(27)22-12-10-21(30)11-13-22)25(33)17-24(32)18-4-8-20(29)9-5-18/h4-15,25-27,33H,2-3,16-17H2,1H3/t25?,26-,27-/m1/s1. The number of ketones is 1. The van der Waals surface area contributed by atoms with Crippen LogP contribution < -0.4 is 9.64 Å². The van der Waals surface area contributed by atoms with Gasteiger partial charge in [-0.25, -0.2) is 8.78 Å². The number of nitrogens with zero attached hydrogens (tertiary/aromatic N) is 1. The zero-order chi connectivity index (χ0) is 24.9. The molecule has 1 N–H and O–H groups in total. The van der Waals surface area contributed by atoms with E-state index in [1.165, 1.54) is 53.4 Å². The number of aliphatic hydroxyl groups is 1. The van der Waals surface area contributed by atoms with Crippen molar-refractivity contribution in [3.8, 4) is 5.75 Å². The van der Waals surface area contributed by atoms with Crippen LogP contribution in [0.1, 0.15) is 48.1 Å². The highest BCUT2D eigenvalue weighted by Gasteiger charge is 2.52. The van der Waals surface area contributed by atoms with Gasteiger partial charge in [-0.2, -0.15) is 0 Å². The van der Waals surface area contributed by atoms with Gasteiger partial charge in [-0.1, -0.05) is 25.5 Å². The largest absolute Gasteiger partial charge is 0.494 e. The van der Waals surface area contributed by atoms with Crippen LogP contribution in [0.25, 0.3) is 0 Å². The Kier molecular flexibility index (Phi) is 7.56. The third-order valence-electron chi connectivity index (χ3n) is 6.21. The van der Waals surface area contributed by atoms with Crippen LogP contribution in [0.5, 0.6) is 5.75 Å². The zero-order valence-electron chi connectivity index (χ0n) is 19.4. The number of carbonyl (C=O) groups is 2. The number of rotatable bonds is 10. The fraction of sp³-hybridized carbons (Fsp3) is 0.286. The Hall–Kier alpha value is -3.58.